The number of methoxy groups -OCH3 is 1. The van der Waals surface area contributed by atoms with Gasteiger partial charge in [0.1, 0.15) is 18.2 Å². The molecule has 0 fully saturated rings. The highest BCUT2D eigenvalue weighted by atomic mass is 35.5. The van der Waals surface area contributed by atoms with E-state index in [-0.39, 0.29) is 23.1 Å². The van der Waals surface area contributed by atoms with E-state index >= 15 is 0 Å². The highest BCUT2D eigenvalue weighted by molar-refractivity contribution is 6.30. The van der Waals surface area contributed by atoms with Crippen molar-refractivity contribution in [2.24, 2.45) is 0 Å². The minimum Gasteiger partial charge on any atom is -0.497 e. The van der Waals surface area contributed by atoms with Gasteiger partial charge in [0.05, 0.1) is 12.7 Å². The lowest BCUT2D eigenvalue weighted by molar-refractivity contribution is 0.0467. The van der Waals surface area contributed by atoms with Crippen molar-refractivity contribution in [2.45, 2.75) is 6.61 Å². The Bertz CT molecular complexity index is 1020. The number of carbonyl (C=O) groups excluding carboxylic acids is 2. The molecular formula is C22H17ClFNO4. The number of benzene rings is 3. The molecule has 148 valence electrons. The molecular weight excluding hydrogens is 397 g/mol. The molecule has 0 aliphatic rings. The van der Waals surface area contributed by atoms with Crippen LogP contribution in [0.5, 0.6) is 5.75 Å². The molecule has 0 atom stereocenters. The van der Waals surface area contributed by atoms with Crippen LogP contribution in [0, 0.1) is 5.82 Å². The number of halogens is 2. The largest absolute Gasteiger partial charge is 0.497 e. The van der Waals surface area contributed by atoms with Crippen molar-refractivity contribution >= 4 is 29.2 Å². The Morgan fingerprint density at radius 2 is 1.69 bits per heavy atom. The molecule has 29 heavy (non-hydrogen) atoms. The number of ether oxygens (including phenoxy) is 2. The van der Waals surface area contributed by atoms with Crippen LogP contribution in [-0.2, 0) is 11.3 Å². The van der Waals surface area contributed by atoms with Crippen molar-refractivity contribution in [3.8, 4) is 5.75 Å². The first-order valence-electron chi connectivity index (χ1n) is 8.63. The minimum absolute atomic E-state index is 0.0643. The third-order valence-electron chi connectivity index (χ3n) is 4.08. The summed E-state index contributed by atoms with van der Waals surface area (Å²) in [5.74, 6) is -1.10. The molecule has 3 aromatic carbocycles. The van der Waals surface area contributed by atoms with Gasteiger partial charge < -0.3 is 14.8 Å². The lowest BCUT2D eigenvalue weighted by Gasteiger charge is -2.08. The lowest BCUT2D eigenvalue weighted by Crippen LogP contribution is -2.12. The highest BCUT2D eigenvalue weighted by Gasteiger charge is 2.14. The van der Waals surface area contributed by atoms with Gasteiger partial charge in [0.2, 0.25) is 0 Å². The summed E-state index contributed by atoms with van der Waals surface area (Å²) in [7, 11) is 1.57. The van der Waals surface area contributed by atoms with E-state index in [1.807, 2.05) is 0 Å². The average molecular weight is 414 g/mol. The van der Waals surface area contributed by atoms with Crippen LogP contribution >= 0.6 is 11.6 Å². The maximum absolute atomic E-state index is 13.7. The van der Waals surface area contributed by atoms with E-state index in [9.17, 15) is 14.0 Å². The molecule has 0 saturated carbocycles. The normalized spacial score (nSPS) is 10.3. The summed E-state index contributed by atoms with van der Waals surface area (Å²) in [6.45, 7) is -0.0643. The molecule has 0 aromatic heterocycles. The van der Waals surface area contributed by atoms with E-state index < -0.39 is 11.8 Å². The third kappa shape index (κ3) is 5.33. The summed E-state index contributed by atoms with van der Waals surface area (Å²) in [6, 6.07) is 17.2. The summed E-state index contributed by atoms with van der Waals surface area (Å²) in [6.07, 6.45) is 0. The van der Waals surface area contributed by atoms with Crippen molar-refractivity contribution < 1.29 is 23.5 Å². The van der Waals surface area contributed by atoms with Crippen LogP contribution < -0.4 is 10.1 Å². The molecule has 3 aromatic rings. The molecule has 1 N–H and O–H groups in total. The van der Waals surface area contributed by atoms with Gasteiger partial charge in [-0.15, -0.1) is 0 Å². The van der Waals surface area contributed by atoms with E-state index in [2.05, 4.69) is 5.32 Å². The molecule has 0 aliphatic heterocycles. The van der Waals surface area contributed by atoms with Gasteiger partial charge in [-0.25, -0.2) is 9.18 Å². The van der Waals surface area contributed by atoms with Crippen LogP contribution in [0.15, 0.2) is 66.7 Å². The maximum Gasteiger partial charge on any atom is 0.341 e. The number of nitrogens with one attached hydrogen (secondary N) is 1. The Hall–Kier alpha value is -3.38. The quantitative estimate of drug-likeness (QED) is 0.571. The average Bonchev–Trinajstić information content (AvgIpc) is 2.74. The van der Waals surface area contributed by atoms with Crippen LogP contribution in [0.2, 0.25) is 5.02 Å². The van der Waals surface area contributed by atoms with Gasteiger partial charge in [0, 0.05) is 16.3 Å². The van der Waals surface area contributed by atoms with Crippen LogP contribution in [0.3, 0.4) is 0 Å². The number of esters is 1. The Morgan fingerprint density at radius 3 is 2.34 bits per heavy atom. The molecule has 0 heterocycles. The predicted molar refractivity (Wildman–Crippen MR) is 108 cm³/mol. The number of rotatable bonds is 6. The van der Waals surface area contributed by atoms with Gasteiger partial charge in [0.15, 0.2) is 0 Å². The topological polar surface area (TPSA) is 64.6 Å². The van der Waals surface area contributed by atoms with E-state index in [1.165, 1.54) is 12.1 Å². The fraction of sp³-hybridized carbons (Fsp3) is 0.0909. The number of carbonyl (C=O) groups is 2. The molecule has 0 unspecified atom stereocenters. The summed E-state index contributed by atoms with van der Waals surface area (Å²) >= 11 is 5.78. The van der Waals surface area contributed by atoms with Crippen molar-refractivity contribution in [3.63, 3.8) is 0 Å². The van der Waals surface area contributed by atoms with E-state index in [0.29, 0.717) is 22.6 Å². The Balaban J connectivity index is 1.58. The predicted octanol–water partition coefficient (Wildman–Crippen LogP) is 5.10. The lowest BCUT2D eigenvalue weighted by atomic mass is 10.1. The monoisotopic (exact) mass is 413 g/mol. The third-order valence-corrected chi connectivity index (χ3v) is 4.32. The molecule has 7 heteroatoms. The second-order valence-electron chi connectivity index (χ2n) is 6.08. The molecule has 5 nitrogen and oxygen atoms in total. The summed E-state index contributed by atoms with van der Waals surface area (Å²) in [5.41, 5.74) is 1.50. The zero-order valence-electron chi connectivity index (χ0n) is 15.4. The molecule has 0 aliphatic carbocycles. The first kappa shape index (κ1) is 20.4. The van der Waals surface area contributed by atoms with Crippen molar-refractivity contribution in [3.05, 3.63) is 94.3 Å². The SMILES string of the molecule is COc1ccc(NC(=O)c2ccc(COC(=O)c3cc(Cl)ccc3F)cc2)cc1. The van der Waals surface area contributed by atoms with E-state index in [1.54, 1.807) is 55.6 Å². The van der Waals surface area contributed by atoms with Crippen LogP contribution in [0.1, 0.15) is 26.3 Å². The zero-order valence-corrected chi connectivity index (χ0v) is 16.2. The summed E-state index contributed by atoms with van der Waals surface area (Å²) in [5, 5.41) is 3.02. The molecule has 0 spiro atoms. The minimum atomic E-state index is -0.814. The van der Waals surface area contributed by atoms with Gasteiger partial charge in [0.25, 0.3) is 5.91 Å². The van der Waals surface area contributed by atoms with E-state index in [4.69, 9.17) is 21.1 Å². The van der Waals surface area contributed by atoms with Crippen LogP contribution in [-0.4, -0.2) is 19.0 Å². The van der Waals surface area contributed by atoms with Crippen LogP contribution in [0.4, 0.5) is 10.1 Å². The fourth-order valence-electron chi connectivity index (χ4n) is 2.51. The van der Waals surface area contributed by atoms with Gasteiger partial charge in [-0.3, -0.25) is 4.79 Å². The van der Waals surface area contributed by atoms with Gasteiger partial charge in [-0.05, 0) is 60.2 Å². The van der Waals surface area contributed by atoms with Crippen LogP contribution in [0.25, 0.3) is 0 Å². The molecule has 1 amide bonds. The first-order valence-corrected chi connectivity index (χ1v) is 9.00. The fourth-order valence-corrected chi connectivity index (χ4v) is 2.68. The second-order valence-corrected chi connectivity index (χ2v) is 6.52. The number of hydrogen-bond acceptors (Lipinski definition) is 4. The van der Waals surface area contributed by atoms with Gasteiger partial charge in [-0.2, -0.15) is 0 Å². The highest BCUT2D eigenvalue weighted by Crippen LogP contribution is 2.18. The molecule has 0 saturated heterocycles. The van der Waals surface area contributed by atoms with Gasteiger partial charge in [-0.1, -0.05) is 23.7 Å². The summed E-state index contributed by atoms with van der Waals surface area (Å²) < 4.78 is 23.9. The van der Waals surface area contributed by atoms with E-state index in [0.717, 1.165) is 6.07 Å². The first-order chi connectivity index (χ1) is 14.0. The molecule has 0 bridgehead atoms. The van der Waals surface area contributed by atoms with Crippen molar-refractivity contribution in [1.82, 2.24) is 0 Å². The smallest absolute Gasteiger partial charge is 0.341 e. The number of hydrogen-bond donors (Lipinski definition) is 1. The van der Waals surface area contributed by atoms with Gasteiger partial charge >= 0.3 is 5.97 Å². The zero-order chi connectivity index (χ0) is 20.8. The number of anilines is 1. The van der Waals surface area contributed by atoms with Crippen molar-refractivity contribution in [2.75, 3.05) is 12.4 Å². The molecule has 0 radical (unpaired) electrons. The maximum atomic E-state index is 13.7. The van der Waals surface area contributed by atoms with Crippen molar-refractivity contribution in [1.29, 1.82) is 0 Å². The Morgan fingerprint density at radius 1 is 1.00 bits per heavy atom. The number of amides is 1. The Labute approximate surface area is 172 Å². The standard InChI is InChI=1S/C22H17ClFNO4/c1-28-18-9-7-17(8-10-18)25-21(26)15-4-2-14(3-5-15)13-29-22(27)19-12-16(23)6-11-20(19)24/h2-12H,13H2,1H3,(H,25,26). The Kier molecular flexibility index (Phi) is 6.46. The molecule has 3 rings (SSSR count). The summed E-state index contributed by atoms with van der Waals surface area (Å²) in [4.78, 5) is 24.3. The second kappa shape index (κ2) is 9.21.